The number of amides is 1. The lowest BCUT2D eigenvalue weighted by Gasteiger charge is -2.26. The summed E-state index contributed by atoms with van der Waals surface area (Å²) < 4.78 is 25.7. The van der Waals surface area contributed by atoms with Gasteiger partial charge in [-0.15, -0.1) is 5.10 Å². The van der Waals surface area contributed by atoms with E-state index in [0.717, 1.165) is 5.56 Å². The van der Waals surface area contributed by atoms with Crippen molar-refractivity contribution in [3.63, 3.8) is 0 Å². The first-order chi connectivity index (χ1) is 15.0. The normalized spacial score (nSPS) is 15.5. The average Bonchev–Trinajstić information content (AvgIpc) is 3.18. The second kappa shape index (κ2) is 7.38. The Morgan fingerprint density at radius 2 is 2.23 bits per heavy atom. The first kappa shape index (κ1) is 19.0. The molecule has 3 heterocycles. The molecule has 0 saturated heterocycles. The molecule has 4 aromatic rings. The molecule has 0 aliphatic carbocycles. The highest BCUT2D eigenvalue weighted by atomic mass is 19.1. The number of nitrogens with zero attached hydrogens (tertiary/aromatic N) is 4. The van der Waals surface area contributed by atoms with Gasteiger partial charge in [-0.3, -0.25) is 4.79 Å². The van der Waals surface area contributed by atoms with Crippen molar-refractivity contribution in [3.8, 4) is 11.5 Å². The number of nitrogen functional groups attached to an aromatic ring is 1. The number of hydrogen-bond acceptors (Lipinski definition) is 7. The highest BCUT2D eigenvalue weighted by molar-refractivity contribution is 5.96. The van der Waals surface area contributed by atoms with E-state index >= 15 is 0 Å². The Kier molecular flexibility index (Phi) is 4.54. The van der Waals surface area contributed by atoms with Crippen LogP contribution in [0.5, 0.6) is 11.5 Å². The molecule has 31 heavy (non-hydrogen) atoms. The number of hydrogen-bond donors (Lipinski definition) is 2. The third kappa shape index (κ3) is 3.35. The van der Waals surface area contributed by atoms with Crippen LogP contribution in [0.2, 0.25) is 0 Å². The van der Waals surface area contributed by atoms with Crippen LogP contribution < -0.4 is 20.5 Å². The molecule has 10 heteroatoms. The van der Waals surface area contributed by atoms with Crippen LogP contribution in [0.1, 0.15) is 23.9 Å². The van der Waals surface area contributed by atoms with E-state index in [1.54, 1.807) is 19.2 Å². The van der Waals surface area contributed by atoms with Gasteiger partial charge in [0.25, 0.3) is 0 Å². The van der Waals surface area contributed by atoms with Crippen LogP contribution in [0.15, 0.2) is 36.4 Å². The van der Waals surface area contributed by atoms with Crippen molar-refractivity contribution in [2.45, 2.75) is 18.9 Å². The smallest absolute Gasteiger partial charge is 0.228 e. The lowest BCUT2D eigenvalue weighted by atomic mass is 10.0. The largest absolute Gasteiger partial charge is 0.494 e. The molecule has 3 N–H and O–H groups in total. The van der Waals surface area contributed by atoms with Crippen LogP contribution in [0.3, 0.4) is 0 Å². The topological polar surface area (TPSA) is 117 Å². The van der Waals surface area contributed by atoms with E-state index in [0.29, 0.717) is 46.9 Å². The molecule has 2 aromatic carbocycles. The number of halogens is 1. The molecular formula is C21H19FN6O3. The standard InChI is InChI=1S/C21H19FN6O3/c1-30-15-4-2-3-13-19(15)26-21(23)28-20(13)25-17(27-28)10-18(29)24-14-7-8-31-16-9-11(22)5-6-12(14)16/h2-6,9,14H,7-8,10H2,1H3,(H2,23,26)(H,24,29)/t14-/m1/s1. The third-order valence-electron chi connectivity index (χ3n) is 5.22. The van der Waals surface area contributed by atoms with Gasteiger partial charge >= 0.3 is 0 Å². The van der Waals surface area contributed by atoms with E-state index in [2.05, 4.69) is 20.4 Å². The molecular weight excluding hydrogens is 403 g/mol. The van der Waals surface area contributed by atoms with Gasteiger partial charge in [0.15, 0.2) is 11.5 Å². The zero-order chi connectivity index (χ0) is 21.5. The molecule has 1 amide bonds. The highest BCUT2D eigenvalue weighted by Crippen LogP contribution is 2.32. The molecule has 0 unspecified atom stereocenters. The van der Waals surface area contributed by atoms with E-state index in [4.69, 9.17) is 15.2 Å². The number of ether oxygens (including phenoxy) is 2. The summed E-state index contributed by atoms with van der Waals surface area (Å²) in [6.45, 7) is 0.393. The van der Waals surface area contributed by atoms with Gasteiger partial charge in [0.2, 0.25) is 11.9 Å². The van der Waals surface area contributed by atoms with Crippen molar-refractivity contribution in [1.82, 2.24) is 24.9 Å². The van der Waals surface area contributed by atoms with Gasteiger partial charge in [-0.25, -0.2) is 14.4 Å². The minimum absolute atomic E-state index is 0.0412. The molecule has 1 atom stereocenters. The van der Waals surface area contributed by atoms with Gasteiger partial charge in [0, 0.05) is 23.4 Å². The Bertz CT molecular complexity index is 1320. The number of nitrogens with one attached hydrogen (secondary N) is 1. The minimum atomic E-state index is -0.380. The van der Waals surface area contributed by atoms with E-state index in [1.165, 1.54) is 16.6 Å². The van der Waals surface area contributed by atoms with E-state index in [9.17, 15) is 9.18 Å². The number of methoxy groups -OCH3 is 1. The zero-order valence-corrected chi connectivity index (χ0v) is 16.6. The zero-order valence-electron chi connectivity index (χ0n) is 16.6. The lowest BCUT2D eigenvalue weighted by molar-refractivity contribution is -0.121. The molecule has 0 bridgehead atoms. The van der Waals surface area contributed by atoms with E-state index in [1.807, 2.05) is 12.1 Å². The fourth-order valence-electron chi connectivity index (χ4n) is 3.81. The van der Waals surface area contributed by atoms with Crippen molar-refractivity contribution in [1.29, 1.82) is 0 Å². The number of anilines is 1. The highest BCUT2D eigenvalue weighted by Gasteiger charge is 2.24. The van der Waals surface area contributed by atoms with Crippen molar-refractivity contribution >= 4 is 28.4 Å². The van der Waals surface area contributed by atoms with Gasteiger partial charge in [-0.05, 0) is 18.2 Å². The summed E-state index contributed by atoms with van der Waals surface area (Å²) in [5, 5.41) is 8.02. The molecule has 1 aliphatic rings. The van der Waals surface area contributed by atoms with E-state index < -0.39 is 0 Å². The fourth-order valence-corrected chi connectivity index (χ4v) is 3.81. The average molecular weight is 422 g/mol. The lowest BCUT2D eigenvalue weighted by Crippen LogP contribution is -2.33. The van der Waals surface area contributed by atoms with Gasteiger partial charge in [0.05, 0.1) is 26.2 Å². The second-order valence-corrected chi connectivity index (χ2v) is 7.21. The Morgan fingerprint density at radius 3 is 3.06 bits per heavy atom. The fraction of sp³-hybridized carbons (Fsp3) is 0.238. The van der Waals surface area contributed by atoms with Crippen LogP contribution in [0, 0.1) is 5.82 Å². The number of nitrogens with two attached hydrogens (primary N) is 1. The summed E-state index contributed by atoms with van der Waals surface area (Å²) in [4.78, 5) is 21.6. The van der Waals surface area contributed by atoms with Crippen LogP contribution in [0.4, 0.5) is 10.3 Å². The second-order valence-electron chi connectivity index (χ2n) is 7.21. The molecule has 9 nitrogen and oxygen atoms in total. The Hall–Kier alpha value is -3.95. The number of fused-ring (bicyclic) bond motifs is 4. The Morgan fingerprint density at radius 1 is 1.35 bits per heavy atom. The van der Waals surface area contributed by atoms with Crippen molar-refractivity contribution < 1.29 is 18.7 Å². The summed E-state index contributed by atoms with van der Waals surface area (Å²) in [5.41, 5.74) is 7.87. The van der Waals surface area contributed by atoms with Crippen LogP contribution in [0.25, 0.3) is 16.6 Å². The molecule has 158 valence electrons. The van der Waals surface area contributed by atoms with E-state index in [-0.39, 0.29) is 30.1 Å². The molecule has 1 aliphatic heterocycles. The third-order valence-corrected chi connectivity index (χ3v) is 5.22. The maximum Gasteiger partial charge on any atom is 0.228 e. The predicted octanol–water partition coefficient (Wildman–Crippen LogP) is 2.19. The Labute approximate surface area is 176 Å². The molecule has 0 radical (unpaired) electrons. The maximum absolute atomic E-state index is 13.5. The quantitative estimate of drug-likeness (QED) is 0.518. The SMILES string of the molecule is COc1cccc2c1nc(N)n1nc(CC(=O)N[C@@H]3CCOc4cc(F)ccc43)nc21. The van der Waals surface area contributed by atoms with Gasteiger partial charge in [0.1, 0.15) is 22.8 Å². The molecule has 0 spiro atoms. The summed E-state index contributed by atoms with van der Waals surface area (Å²) in [7, 11) is 1.55. The van der Waals surface area contributed by atoms with Crippen LogP contribution >= 0.6 is 0 Å². The summed E-state index contributed by atoms with van der Waals surface area (Å²) >= 11 is 0. The monoisotopic (exact) mass is 422 g/mol. The molecule has 0 saturated carbocycles. The molecule has 5 rings (SSSR count). The first-order valence-electron chi connectivity index (χ1n) is 9.73. The van der Waals surface area contributed by atoms with Gasteiger partial charge in [-0.1, -0.05) is 12.1 Å². The number of carbonyl (C=O) groups is 1. The summed E-state index contributed by atoms with van der Waals surface area (Å²) in [6.07, 6.45) is 0.546. The first-order valence-corrected chi connectivity index (χ1v) is 9.73. The Balaban J connectivity index is 1.42. The number of rotatable bonds is 4. The number of benzene rings is 2. The van der Waals surface area contributed by atoms with Gasteiger partial charge in [-0.2, -0.15) is 4.52 Å². The summed E-state index contributed by atoms with van der Waals surface area (Å²) in [6, 6.07) is 9.49. The number of carbonyl (C=O) groups excluding carboxylic acids is 1. The minimum Gasteiger partial charge on any atom is -0.494 e. The number of para-hydroxylation sites is 1. The maximum atomic E-state index is 13.5. The van der Waals surface area contributed by atoms with Crippen molar-refractivity contribution in [3.05, 3.63) is 53.6 Å². The van der Waals surface area contributed by atoms with Crippen LogP contribution in [-0.2, 0) is 11.2 Å². The van der Waals surface area contributed by atoms with Crippen LogP contribution in [-0.4, -0.2) is 39.2 Å². The van der Waals surface area contributed by atoms with Gasteiger partial charge < -0.3 is 20.5 Å². The summed E-state index contributed by atoms with van der Waals surface area (Å²) in [5.74, 6) is 0.839. The van der Waals surface area contributed by atoms with Crippen molar-refractivity contribution in [2.75, 3.05) is 19.5 Å². The van der Waals surface area contributed by atoms with Crippen molar-refractivity contribution in [2.24, 2.45) is 0 Å². The number of aromatic nitrogens is 4. The predicted molar refractivity (Wildman–Crippen MR) is 110 cm³/mol. The molecule has 0 fully saturated rings. The molecule has 2 aromatic heterocycles.